The van der Waals surface area contributed by atoms with Crippen LogP contribution in [0.5, 0.6) is 5.75 Å². The SMILES string of the molecule is C=CCOc1ccc(/C=c2/sc3nc(-c4cccc(C)c4)nn3c2=O)cc1. The van der Waals surface area contributed by atoms with Crippen molar-refractivity contribution in [2.75, 3.05) is 6.61 Å². The van der Waals surface area contributed by atoms with Gasteiger partial charge in [-0.3, -0.25) is 4.79 Å². The molecule has 0 radical (unpaired) electrons. The summed E-state index contributed by atoms with van der Waals surface area (Å²) in [6.45, 7) is 6.10. The monoisotopic (exact) mass is 375 g/mol. The molecule has 0 aliphatic carbocycles. The predicted octanol–water partition coefficient (Wildman–Crippen LogP) is 3.24. The summed E-state index contributed by atoms with van der Waals surface area (Å²) in [4.78, 5) is 17.8. The molecule has 134 valence electrons. The highest BCUT2D eigenvalue weighted by molar-refractivity contribution is 7.15. The molecule has 2 aromatic heterocycles. The topological polar surface area (TPSA) is 56.5 Å². The van der Waals surface area contributed by atoms with Crippen LogP contribution < -0.4 is 14.8 Å². The molecule has 0 atom stereocenters. The second kappa shape index (κ2) is 7.17. The number of rotatable bonds is 5. The molecule has 27 heavy (non-hydrogen) atoms. The number of thiazole rings is 1. The molecule has 0 unspecified atom stereocenters. The van der Waals surface area contributed by atoms with Crippen LogP contribution in [0.15, 0.2) is 66.0 Å². The lowest BCUT2D eigenvalue weighted by Crippen LogP contribution is -2.23. The van der Waals surface area contributed by atoms with Gasteiger partial charge in [0.15, 0.2) is 5.82 Å². The summed E-state index contributed by atoms with van der Waals surface area (Å²) >= 11 is 1.33. The Balaban J connectivity index is 1.68. The first-order valence-corrected chi connectivity index (χ1v) is 9.28. The van der Waals surface area contributed by atoms with E-state index in [1.807, 2.05) is 61.5 Å². The Hall–Kier alpha value is -3.25. The molecular weight excluding hydrogens is 358 g/mol. The zero-order valence-electron chi connectivity index (χ0n) is 14.8. The fourth-order valence-corrected chi connectivity index (χ4v) is 3.61. The third kappa shape index (κ3) is 3.52. The maximum Gasteiger partial charge on any atom is 0.291 e. The molecule has 0 bridgehead atoms. The van der Waals surface area contributed by atoms with E-state index < -0.39 is 0 Å². The summed E-state index contributed by atoms with van der Waals surface area (Å²) in [6.07, 6.45) is 3.54. The molecule has 0 saturated heterocycles. The average molecular weight is 375 g/mol. The Kier molecular flexibility index (Phi) is 4.56. The van der Waals surface area contributed by atoms with Gasteiger partial charge in [-0.15, -0.1) is 5.10 Å². The van der Waals surface area contributed by atoms with Crippen molar-refractivity contribution in [2.24, 2.45) is 0 Å². The lowest BCUT2D eigenvalue weighted by molar-refractivity contribution is 0.363. The maximum absolute atomic E-state index is 12.7. The second-order valence-electron chi connectivity index (χ2n) is 6.08. The number of hydrogen-bond donors (Lipinski definition) is 0. The highest BCUT2D eigenvalue weighted by Gasteiger charge is 2.12. The van der Waals surface area contributed by atoms with Gasteiger partial charge in [-0.05, 0) is 36.8 Å². The fourth-order valence-electron chi connectivity index (χ4n) is 2.71. The largest absolute Gasteiger partial charge is 0.490 e. The van der Waals surface area contributed by atoms with Gasteiger partial charge in [0.05, 0.1) is 4.53 Å². The van der Waals surface area contributed by atoms with E-state index in [4.69, 9.17) is 4.74 Å². The normalized spacial score (nSPS) is 11.8. The van der Waals surface area contributed by atoms with Crippen LogP contribution in [0, 0.1) is 6.92 Å². The van der Waals surface area contributed by atoms with Crippen molar-refractivity contribution in [1.82, 2.24) is 14.6 Å². The van der Waals surface area contributed by atoms with Crippen molar-refractivity contribution in [2.45, 2.75) is 6.92 Å². The number of aryl methyl sites for hydroxylation is 1. The minimum absolute atomic E-state index is 0.159. The standard InChI is InChI=1S/C21H17N3O2S/c1-3-11-26-17-9-7-15(8-10-17)13-18-20(25)24-21(27-18)22-19(23-24)16-6-4-5-14(2)12-16/h3-10,12-13H,1,11H2,2H3/b18-13+. The Morgan fingerprint density at radius 3 is 2.74 bits per heavy atom. The van der Waals surface area contributed by atoms with Crippen LogP contribution in [0.1, 0.15) is 11.1 Å². The number of hydrogen-bond acceptors (Lipinski definition) is 5. The van der Waals surface area contributed by atoms with Gasteiger partial charge >= 0.3 is 0 Å². The van der Waals surface area contributed by atoms with Crippen molar-refractivity contribution in [1.29, 1.82) is 0 Å². The van der Waals surface area contributed by atoms with E-state index in [2.05, 4.69) is 16.7 Å². The molecule has 0 saturated carbocycles. The summed E-state index contributed by atoms with van der Waals surface area (Å²) < 4.78 is 7.44. The summed E-state index contributed by atoms with van der Waals surface area (Å²) in [5.74, 6) is 1.33. The van der Waals surface area contributed by atoms with Crippen LogP contribution in [0.2, 0.25) is 0 Å². The van der Waals surface area contributed by atoms with Crippen molar-refractivity contribution >= 4 is 22.4 Å². The number of ether oxygens (including phenoxy) is 1. The summed E-state index contributed by atoms with van der Waals surface area (Å²) in [5, 5.41) is 4.39. The Morgan fingerprint density at radius 2 is 2.04 bits per heavy atom. The predicted molar refractivity (Wildman–Crippen MR) is 108 cm³/mol. The minimum atomic E-state index is -0.159. The molecule has 0 fully saturated rings. The van der Waals surface area contributed by atoms with Gasteiger partial charge in [0.25, 0.3) is 5.56 Å². The number of nitrogens with zero attached hydrogens (tertiary/aromatic N) is 3. The van der Waals surface area contributed by atoms with Gasteiger partial charge in [0.1, 0.15) is 12.4 Å². The molecule has 6 heteroatoms. The Morgan fingerprint density at radius 1 is 1.22 bits per heavy atom. The van der Waals surface area contributed by atoms with Crippen LogP contribution in [0.4, 0.5) is 0 Å². The van der Waals surface area contributed by atoms with Crippen LogP contribution >= 0.6 is 11.3 Å². The van der Waals surface area contributed by atoms with Gasteiger partial charge in [-0.25, -0.2) is 0 Å². The highest BCUT2D eigenvalue weighted by Crippen LogP contribution is 2.18. The van der Waals surface area contributed by atoms with Crippen molar-refractivity contribution in [3.8, 4) is 17.1 Å². The third-order valence-corrected chi connectivity index (χ3v) is 4.96. The van der Waals surface area contributed by atoms with E-state index >= 15 is 0 Å². The van der Waals surface area contributed by atoms with E-state index in [-0.39, 0.29) is 5.56 Å². The minimum Gasteiger partial charge on any atom is -0.490 e. The molecule has 0 aliphatic rings. The molecule has 0 amide bonds. The van der Waals surface area contributed by atoms with Gasteiger partial charge < -0.3 is 4.74 Å². The van der Waals surface area contributed by atoms with E-state index in [0.717, 1.165) is 22.4 Å². The zero-order chi connectivity index (χ0) is 18.8. The number of fused-ring (bicyclic) bond motifs is 1. The highest BCUT2D eigenvalue weighted by atomic mass is 32.1. The van der Waals surface area contributed by atoms with E-state index in [1.54, 1.807) is 6.08 Å². The third-order valence-electron chi connectivity index (χ3n) is 4.00. The lowest BCUT2D eigenvalue weighted by Gasteiger charge is -2.02. The molecule has 0 aliphatic heterocycles. The molecule has 0 spiro atoms. The molecule has 4 rings (SSSR count). The van der Waals surface area contributed by atoms with Crippen LogP contribution in [0.25, 0.3) is 22.4 Å². The second-order valence-corrected chi connectivity index (χ2v) is 7.09. The molecule has 4 aromatic rings. The quantitative estimate of drug-likeness (QED) is 0.503. The maximum atomic E-state index is 12.7. The zero-order valence-corrected chi connectivity index (χ0v) is 15.6. The Bertz CT molecular complexity index is 1220. The fraction of sp³-hybridized carbons (Fsp3) is 0.0952. The lowest BCUT2D eigenvalue weighted by atomic mass is 10.1. The first kappa shape index (κ1) is 17.2. The molecule has 2 aromatic carbocycles. The van der Waals surface area contributed by atoms with Crippen molar-refractivity contribution < 1.29 is 4.74 Å². The molecular formula is C21H17N3O2S. The molecule has 5 nitrogen and oxygen atoms in total. The van der Waals surface area contributed by atoms with Crippen LogP contribution in [-0.2, 0) is 0 Å². The van der Waals surface area contributed by atoms with Crippen molar-refractivity contribution in [3.63, 3.8) is 0 Å². The van der Waals surface area contributed by atoms with Gasteiger partial charge in [-0.2, -0.15) is 9.50 Å². The summed E-state index contributed by atoms with van der Waals surface area (Å²) in [7, 11) is 0. The van der Waals surface area contributed by atoms with Gasteiger partial charge in [0, 0.05) is 5.56 Å². The summed E-state index contributed by atoms with van der Waals surface area (Å²) in [5.41, 5.74) is 2.79. The molecule has 2 heterocycles. The van der Waals surface area contributed by atoms with Gasteiger partial charge in [-0.1, -0.05) is 59.9 Å². The summed E-state index contributed by atoms with van der Waals surface area (Å²) in [6, 6.07) is 15.5. The van der Waals surface area contributed by atoms with Crippen molar-refractivity contribution in [3.05, 3.63) is 87.2 Å². The van der Waals surface area contributed by atoms with Crippen LogP contribution in [0.3, 0.4) is 0 Å². The first-order valence-electron chi connectivity index (χ1n) is 8.46. The van der Waals surface area contributed by atoms with E-state index in [9.17, 15) is 4.79 Å². The van der Waals surface area contributed by atoms with E-state index in [0.29, 0.717) is 21.9 Å². The smallest absolute Gasteiger partial charge is 0.291 e. The Labute approximate surface area is 159 Å². The van der Waals surface area contributed by atoms with E-state index in [1.165, 1.54) is 15.9 Å². The number of benzene rings is 2. The first-order chi connectivity index (χ1) is 13.1. The van der Waals surface area contributed by atoms with Crippen LogP contribution in [-0.4, -0.2) is 21.2 Å². The van der Waals surface area contributed by atoms with Gasteiger partial charge in [0.2, 0.25) is 4.96 Å². The number of aromatic nitrogens is 3. The molecule has 0 N–H and O–H groups in total. The average Bonchev–Trinajstić information content (AvgIpc) is 3.21.